The molecule has 0 aromatic heterocycles. The van der Waals surface area contributed by atoms with Gasteiger partial charge in [0.25, 0.3) is 0 Å². The van der Waals surface area contributed by atoms with Crippen molar-refractivity contribution in [2.75, 3.05) is 6.54 Å². The van der Waals surface area contributed by atoms with Crippen LogP contribution in [0.1, 0.15) is 38.3 Å². The van der Waals surface area contributed by atoms with Gasteiger partial charge in [-0.15, -0.1) is 0 Å². The van der Waals surface area contributed by atoms with Gasteiger partial charge in [-0.1, -0.05) is 60.7 Å². The molecule has 31 heavy (non-hydrogen) atoms. The zero-order chi connectivity index (χ0) is 23.1. The molecule has 2 aromatic carbocycles. The van der Waals surface area contributed by atoms with Gasteiger partial charge in [-0.25, -0.2) is 5.90 Å². The molecule has 2 rings (SSSR count). The first-order valence-electron chi connectivity index (χ1n) is 9.91. The zero-order valence-electron chi connectivity index (χ0n) is 18.1. The first-order valence-corrected chi connectivity index (χ1v) is 9.91. The lowest BCUT2D eigenvalue weighted by atomic mass is 9.99. The van der Waals surface area contributed by atoms with Gasteiger partial charge in [0, 0.05) is 19.0 Å². The van der Waals surface area contributed by atoms with Gasteiger partial charge in [0.2, 0.25) is 5.91 Å². The Labute approximate surface area is 182 Å². The summed E-state index contributed by atoms with van der Waals surface area (Å²) in [6, 6.07) is 15.5. The number of nitrogens with zero attached hydrogens (tertiary/aromatic N) is 4. The van der Waals surface area contributed by atoms with Crippen LogP contribution in [-0.2, 0) is 16.1 Å². The number of nitrogens with two attached hydrogens (primary N) is 1. The van der Waals surface area contributed by atoms with Gasteiger partial charge in [0.05, 0.1) is 18.8 Å². The number of benzene rings is 2. The molecular weight excluding hydrogens is 396 g/mol. The molecular formula is C22H30N6O3. The summed E-state index contributed by atoms with van der Waals surface area (Å²) < 4.78 is 0. The summed E-state index contributed by atoms with van der Waals surface area (Å²) in [5.41, 5.74) is 6.51. The Morgan fingerprint density at radius 3 is 2.42 bits per heavy atom. The Morgan fingerprint density at radius 1 is 1.16 bits per heavy atom. The minimum Gasteiger partial charge on any atom is -0.329 e. The lowest BCUT2D eigenvalue weighted by Gasteiger charge is -2.26. The standard InChI is InChI=1S/C22H27N5O2.H3NO/c1-4-21(16-28)27(17(3)29)15-18-10-12-19(13-11-18)22-9-7-6-8-20(22)14-24-26-25-23-5-2;1-2/h6-14,16,21H,4-5,15H2,1-3H3,(H,23,26);2H,1H2/b24-14+;. The summed E-state index contributed by atoms with van der Waals surface area (Å²) in [5.74, 6) is 3.39. The molecule has 1 unspecified atom stereocenters. The molecule has 1 atom stereocenters. The van der Waals surface area contributed by atoms with E-state index >= 15 is 0 Å². The van der Waals surface area contributed by atoms with Crippen LogP contribution in [0, 0.1) is 0 Å². The van der Waals surface area contributed by atoms with Gasteiger partial charge in [0.15, 0.2) is 0 Å². The second-order valence-electron chi connectivity index (χ2n) is 6.46. The monoisotopic (exact) mass is 426 g/mol. The zero-order valence-corrected chi connectivity index (χ0v) is 18.1. The number of amides is 1. The van der Waals surface area contributed by atoms with Gasteiger partial charge < -0.3 is 14.9 Å². The molecule has 0 aliphatic carbocycles. The fourth-order valence-corrected chi connectivity index (χ4v) is 2.94. The third-order valence-electron chi connectivity index (χ3n) is 4.48. The van der Waals surface area contributed by atoms with E-state index in [9.17, 15) is 9.59 Å². The second-order valence-corrected chi connectivity index (χ2v) is 6.46. The molecule has 0 heterocycles. The van der Waals surface area contributed by atoms with Gasteiger partial charge >= 0.3 is 0 Å². The minimum atomic E-state index is -0.401. The maximum absolute atomic E-state index is 11.9. The molecule has 2 aromatic rings. The van der Waals surface area contributed by atoms with E-state index in [4.69, 9.17) is 5.21 Å². The van der Waals surface area contributed by atoms with Crippen molar-refractivity contribution in [3.8, 4) is 11.1 Å². The summed E-state index contributed by atoms with van der Waals surface area (Å²) in [6.45, 7) is 6.28. The largest absolute Gasteiger partial charge is 0.329 e. The lowest BCUT2D eigenvalue weighted by Crippen LogP contribution is -2.39. The highest BCUT2D eigenvalue weighted by atomic mass is 16.4. The number of carbonyl (C=O) groups is 2. The Balaban J connectivity index is 0.00000233. The lowest BCUT2D eigenvalue weighted by molar-refractivity contribution is -0.135. The van der Waals surface area contributed by atoms with Crippen LogP contribution in [0.5, 0.6) is 0 Å². The fraction of sp³-hybridized carbons (Fsp3) is 0.318. The molecule has 0 spiro atoms. The average molecular weight is 427 g/mol. The van der Waals surface area contributed by atoms with E-state index in [1.807, 2.05) is 62.4 Å². The molecule has 0 radical (unpaired) electrons. The van der Waals surface area contributed by atoms with Crippen molar-refractivity contribution in [2.45, 2.75) is 39.8 Å². The van der Waals surface area contributed by atoms with E-state index in [2.05, 4.69) is 26.9 Å². The first kappa shape index (κ1) is 25.6. The highest BCUT2D eigenvalue weighted by Gasteiger charge is 2.19. The van der Waals surface area contributed by atoms with E-state index in [0.29, 0.717) is 19.5 Å². The molecule has 9 heteroatoms. The molecule has 9 nitrogen and oxygen atoms in total. The smallest absolute Gasteiger partial charge is 0.220 e. The van der Waals surface area contributed by atoms with Crippen molar-refractivity contribution in [1.29, 1.82) is 0 Å². The van der Waals surface area contributed by atoms with E-state index < -0.39 is 6.04 Å². The normalized spacial score (nSPS) is 11.6. The SMILES string of the molecule is CCN=NN/N=C/c1ccccc1-c1ccc(CN(C(C)=O)C(C=O)CC)cc1.NO. The average Bonchev–Trinajstić information content (AvgIpc) is 2.81. The van der Waals surface area contributed by atoms with Crippen LogP contribution in [0.2, 0.25) is 0 Å². The van der Waals surface area contributed by atoms with Crippen LogP contribution in [0.3, 0.4) is 0 Å². The summed E-state index contributed by atoms with van der Waals surface area (Å²) in [5, 5.41) is 18.1. The molecule has 0 aliphatic rings. The Hall–Kier alpha value is -3.43. The number of nitrogens with one attached hydrogen (secondary N) is 1. The Kier molecular flexibility index (Phi) is 12.0. The van der Waals surface area contributed by atoms with Crippen LogP contribution < -0.4 is 11.4 Å². The fourth-order valence-electron chi connectivity index (χ4n) is 2.94. The van der Waals surface area contributed by atoms with Crippen molar-refractivity contribution in [3.63, 3.8) is 0 Å². The quantitative estimate of drug-likeness (QED) is 0.232. The number of hydrogen-bond donors (Lipinski definition) is 3. The molecule has 166 valence electrons. The molecule has 0 aliphatic heterocycles. The minimum absolute atomic E-state index is 0.109. The van der Waals surface area contributed by atoms with Gasteiger partial charge in [-0.3, -0.25) is 4.79 Å². The number of hydrazone groups is 1. The molecule has 0 bridgehead atoms. The molecule has 0 saturated heterocycles. The number of aldehydes is 1. The predicted molar refractivity (Wildman–Crippen MR) is 120 cm³/mol. The van der Waals surface area contributed by atoms with Gasteiger partial charge in [-0.2, -0.15) is 15.8 Å². The van der Waals surface area contributed by atoms with Crippen molar-refractivity contribution >= 4 is 18.4 Å². The molecule has 0 fully saturated rings. The van der Waals surface area contributed by atoms with Gasteiger partial charge in [-0.05, 0) is 30.0 Å². The maximum Gasteiger partial charge on any atom is 0.220 e. The van der Waals surface area contributed by atoms with Crippen molar-refractivity contribution in [2.24, 2.45) is 21.3 Å². The highest BCUT2D eigenvalue weighted by molar-refractivity contribution is 5.90. The second kappa shape index (κ2) is 14.5. The predicted octanol–water partition coefficient (Wildman–Crippen LogP) is 3.32. The number of hydrogen-bond acceptors (Lipinski definition) is 7. The maximum atomic E-state index is 11.9. The third kappa shape index (κ3) is 8.07. The molecule has 4 N–H and O–H groups in total. The first-order chi connectivity index (χ1) is 15.1. The third-order valence-corrected chi connectivity index (χ3v) is 4.48. The number of carbonyl (C=O) groups excluding carboxylic acids is 2. The Morgan fingerprint density at radius 2 is 1.84 bits per heavy atom. The van der Waals surface area contributed by atoms with Crippen molar-refractivity contribution in [3.05, 3.63) is 59.7 Å². The Bertz CT molecular complexity index is 868. The van der Waals surface area contributed by atoms with Crippen LogP contribution in [0.15, 0.2) is 64.0 Å². The number of rotatable bonds is 10. The molecule has 0 saturated carbocycles. The summed E-state index contributed by atoms with van der Waals surface area (Å²) >= 11 is 0. The van der Waals surface area contributed by atoms with E-state index in [1.54, 1.807) is 11.1 Å². The molecule has 1 amide bonds. The van der Waals surface area contributed by atoms with E-state index in [1.165, 1.54) is 6.92 Å². The van der Waals surface area contributed by atoms with Gasteiger partial charge in [0.1, 0.15) is 6.29 Å². The van der Waals surface area contributed by atoms with E-state index in [0.717, 1.165) is 28.5 Å². The summed E-state index contributed by atoms with van der Waals surface area (Å²) in [7, 11) is 0. The topological polar surface area (TPSA) is 133 Å². The van der Waals surface area contributed by atoms with Crippen molar-refractivity contribution in [1.82, 2.24) is 10.4 Å². The van der Waals surface area contributed by atoms with E-state index in [-0.39, 0.29) is 5.91 Å². The summed E-state index contributed by atoms with van der Waals surface area (Å²) in [4.78, 5) is 24.8. The highest BCUT2D eigenvalue weighted by Crippen LogP contribution is 2.23. The van der Waals surface area contributed by atoms with Crippen molar-refractivity contribution < 1.29 is 14.8 Å². The summed E-state index contributed by atoms with van der Waals surface area (Å²) in [6.07, 6.45) is 3.13. The van der Waals surface area contributed by atoms with Crippen LogP contribution in [0.25, 0.3) is 11.1 Å². The van der Waals surface area contributed by atoms with Crippen LogP contribution in [-0.4, -0.2) is 41.1 Å². The van der Waals surface area contributed by atoms with Crippen LogP contribution in [0.4, 0.5) is 0 Å². The van der Waals surface area contributed by atoms with Crippen LogP contribution >= 0.6 is 0 Å².